The third kappa shape index (κ3) is 3.39. The predicted octanol–water partition coefficient (Wildman–Crippen LogP) is 1.83. The van der Waals surface area contributed by atoms with E-state index < -0.39 is 0 Å². The summed E-state index contributed by atoms with van der Waals surface area (Å²) in [5.74, 6) is -0.145. The first-order valence-corrected chi connectivity index (χ1v) is 8.80. The summed E-state index contributed by atoms with van der Waals surface area (Å²) >= 11 is 0. The fourth-order valence-corrected chi connectivity index (χ4v) is 3.31. The number of hydrogen-bond donors (Lipinski definition) is 1. The molecule has 0 saturated carbocycles. The van der Waals surface area contributed by atoms with Crippen LogP contribution in [0.1, 0.15) is 28.2 Å². The SMILES string of the molecule is CN1CCCn2nc(C(=O)NCc3ccccc3-n3ccnc3)cc2C1. The molecule has 1 N–H and O–H groups in total. The van der Waals surface area contributed by atoms with E-state index in [1.54, 1.807) is 12.5 Å². The molecule has 2 aromatic heterocycles. The van der Waals surface area contributed by atoms with Gasteiger partial charge in [-0.1, -0.05) is 18.2 Å². The fourth-order valence-electron chi connectivity index (χ4n) is 3.31. The smallest absolute Gasteiger partial charge is 0.272 e. The molecule has 0 bridgehead atoms. The van der Waals surface area contributed by atoms with Crippen molar-refractivity contribution < 1.29 is 4.79 Å². The van der Waals surface area contributed by atoms with Crippen LogP contribution in [-0.2, 0) is 19.6 Å². The van der Waals surface area contributed by atoms with E-state index in [-0.39, 0.29) is 5.91 Å². The van der Waals surface area contributed by atoms with E-state index in [2.05, 4.69) is 27.3 Å². The zero-order valence-electron chi connectivity index (χ0n) is 14.8. The molecule has 7 heteroatoms. The van der Waals surface area contributed by atoms with Gasteiger partial charge < -0.3 is 14.8 Å². The fraction of sp³-hybridized carbons (Fsp3) is 0.316. The minimum absolute atomic E-state index is 0.145. The number of fused-ring (bicyclic) bond motifs is 1. The molecule has 0 unspecified atom stereocenters. The number of hydrogen-bond acceptors (Lipinski definition) is 4. The molecule has 7 nitrogen and oxygen atoms in total. The zero-order valence-corrected chi connectivity index (χ0v) is 14.8. The Kier molecular flexibility index (Phi) is 4.53. The Bertz CT molecular complexity index is 899. The second kappa shape index (κ2) is 7.13. The molecule has 0 saturated heterocycles. The van der Waals surface area contributed by atoms with Crippen molar-refractivity contribution in [3.63, 3.8) is 0 Å². The van der Waals surface area contributed by atoms with Gasteiger partial charge in [0.05, 0.1) is 17.7 Å². The van der Waals surface area contributed by atoms with Gasteiger partial charge in [-0.2, -0.15) is 5.10 Å². The van der Waals surface area contributed by atoms with Crippen LogP contribution in [0.3, 0.4) is 0 Å². The van der Waals surface area contributed by atoms with Crippen molar-refractivity contribution in [2.45, 2.75) is 26.1 Å². The summed E-state index contributed by atoms with van der Waals surface area (Å²) in [5, 5.41) is 7.48. The molecular weight excluding hydrogens is 328 g/mol. The van der Waals surface area contributed by atoms with Crippen LogP contribution in [0.4, 0.5) is 0 Å². The van der Waals surface area contributed by atoms with Crippen LogP contribution in [0.25, 0.3) is 5.69 Å². The summed E-state index contributed by atoms with van der Waals surface area (Å²) in [7, 11) is 2.09. The van der Waals surface area contributed by atoms with E-state index in [9.17, 15) is 4.79 Å². The summed E-state index contributed by atoms with van der Waals surface area (Å²) in [6.45, 7) is 3.17. The molecule has 0 aliphatic carbocycles. The number of aromatic nitrogens is 4. The summed E-state index contributed by atoms with van der Waals surface area (Å²) in [6, 6.07) is 9.86. The lowest BCUT2D eigenvalue weighted by atomic mass is 10.1. The summed E-state index contributed by atoms with van der Waals surface area (Å²) in [6.07, 6.45) is 6.43. The highest BCUT2D eigenvalue weighted by Crippen LogP contribution is 2.15. The number of carbonyl (C=O) groups excluding carboxylic acids is 1. The topological polar surface area (TPSA) is 68.0 Å². The van der Waals surface area contributed by atoms with Crippen LogP contribution in [0, 0.1) is 0 Å². The molecule has 1 amide bonds. The molecule has 1 aromatic carbocycles. The Labute approximate surface area is 152 Å². The molecule has 1 aliphatic rings. The Morgan fingerprint density at radius 2 is 2.15 bits per heavy atom. The third-order valence-corrected chi connectivity index (χ3v) is 4.65. The molecule has 4 rings (SSSR count). The van der Waals surface area contributed by atoms with E-state index in [1.807, 2.05) is 45.8 Å². The molecule has 0 atom stereocenters. The first-order valence-electron chi connectivity index (χ1n) is 8.80. The highest BCUT2D eigenvalue weighted by atomic mass is 16.1. The van der Waals surface area contributed by atoms with Crippen molar-refractivity contribution in [2.75, 3.05) is 13.6 Å². The largest absolute Gasteiger partial charge is 0.346 e. The average molecular weight is 350 g/mol. The van der Waals surface area contributed by atoms with Crippen molar-refractivity contribution in [3.8, 4) is 5.69 Å². The lowest BCUT2D eigenvalue weighted by Gasteiger charge is -2.11. The van der Waals surface area contributed by atoms with Gasteiger partial charge >= 0.3 is 0 Å². The lowest BCUT2D eigenvalue weighted by molar-refractivity contribution is 0.0945. The van der Waals surface area contributed by atoms with Gasteiger partial charge in [0.15, 0.2) is 5.69 Å². The molecule has 26 heavy (non-hydrogen) atoms. The average Bonchev–Trinajstić information content (AvgIpc) is 3.28. The van der Waals surface area contributed by atoms with Crippen LogP contribution in [0.5, 0.6) is 0 Å². The number of amides is 1. The molecule has 1 aliphatic heterocycles. The monoisotopic (exact) mass is 350 g/mol. The molecule has 3 aromatic rings. The van der Waals surface area contributed by atoms with Gasteiger partial charge in [-0.05, 0) is 31.2 Å². The number of rotatable bonds is 4. The quantitative estimate of drug-likeness (QED) is 0.780. The second-order valence-electron chi connectivity index (χ2n) is 6.62. The number of nitrogens with zero attached hydrogens (tertiary/aromatic N) is 5. The van der Waals surface area contributed by atoms with E-state index in [0.717, 1.165) is 43.0 Å². The summed E-state index contributed by atoms with van der Waals surface area (Å²) in [4.78, 5) is 18.9. The molecular formula is C19H22N6O. The summed E-state index contributed by atoms with van der Waals surface area (Å²) < 4.78 is 3.90. The number of para-hydroxylation sites is 1. The Morgan fingerprint density at radius 3 is 3.00 bits per heavy atom. The van der Waals surface area contributed by atoms with Gasteiger partial charge in [-0.3, -0.25) is 9.48 Å². The minimum atomic E-state index is -0.145. The maximum Gasteiger partial charge on any atom is 0.272 e. The molecule has 0 radical (unpaired) electrons. The standard InChI is InChI=1S/C19H22N6O/c1-23-8-4-9-25-16(13-23)11-17(22-25)19(26)21-12-15-5-2-3-6-18(15)24-10-7-20-14-24/h2-3,5-7,10-11,14H,4,8-9,12-13H2,1H3,(H,21,26). The van der Waals surface area contributed by atoms with Crippen LogP contribution < -0.4 is 5.32 Å². The van der Waals surface area contributed by atoms with Gasteiger partial charge in [0.1, 0.15) is 0 Å². The van der Waals surface area contributed by atoms with Crippen LogP contribution in [0.15, 0.2) is 49.1 Å². The van der Waals surface area contributed by atoms with Gasteiger partial charge in [-0.25, -0.2) is 4.98 Å². The first kappa shape index (κ1) is 16.5. The number of benzene rings is 1. The second-order valence-corrected chi connectivity index (χ2v) is 6.62. The zero-order chi connectivity index (χ0) is 17.9. The van der Waals surface area contributed by atoms with Gasteiger partial charge in [-0.15, -0.1) is 0 Å². The van der Waals surface area contributed by atoms with Crippen molar-refractivity contribution >= 4 is 5.91 Å². The van der Waals surface area contributed by atoms with E-state index in [4.69, 9.17) is 0 Å². The third-order valence-electron chi connectivity index (χ3n) is 4.65. The maximum atomic E-state index is 12.6. The maximum absolute atomic E-state index is 12.6. The molecule has 3 heterocycles. The summed E-state index contributed by atoms with van der Waals surface area (Å²) in [5.41, 5.74) is 3.61. The number of aryl methyl sites for hydroxylation is 1. The van der Waals surface area contributed by atoms with Gasteiger partial charge in [0.25, 0.3) is 5.91 Å². The van der Waals surface area contributed by atoms with Crippen molar-refractivity contribution in [3.05, 3.63) is 66.0 Å². The van der Waals surface area contributed by atoms with E-state index in [1.165, 1.54) is 0 Å². The van der Waals surface area contributed by atoms with Crippen molar-refractivity contribution in [1.29, 1.82) is 0 Å². The van der Waals surface area contributed by atoms with E-state index in [0.29, 0.717) is 12.2 Å². The number of nitrogens with one attached hydrogen (secondary N) is 1. The van der Waals surface area contributed by atoms with Crippen LogP contribution in [-0.4, -0.2) is 43.7 Å². The number of carbonyl (C=O) groups is 1. The van der Waals surface area contributed by atoms with Crippen molar-refractivity contribution in [2.24, 2.45) is 0 Å². The normalized spacial score (nSPS) is 14.7. The van der Waals surface area contributed by atoms with Crippen LogP contribution >= 0.6 is 0 Å². The first-order chi connectivity index (χ1) is 12.7. The predicted molar refractivity (Wildman–Crippen MR) is 97.9 cm³/mol. The Morgan fingerprint density at radius 1 is 1.27 bits per heavy atom. The molecule has 0 spiro atoms. The molecule has 0 fully saturated rings. The van der Waals surface area contributed by atoms with Crippen molar-refractivity contribution in [1.82, 2.24) is 29.5 Å². The van der Waals surface area contributed by atoms with Gasteiger partial charge in [0.2, 0.25) is 0 Å². The highest BCUT2D eigenvalue weighted by Gasteiger charge is 2.18. The number of imidazole rings is 1. The minimum Gasteiger partial charge on any atom is -0.346 e. The lowest BCUT2D eigenvalue weighted by Crippen LogP contribution is -2.24. The Balaban J connectivity index is 1.48. The van der Waals surface area contributed by atoms with Crippen LogP contribution in [0.2, 0.25) is 0 Å². The molecule has 134 valence electrons. The Hall–Kier alpha value is -2.93. The van der Waals surface area contributed by atoms with Gasteiger partial charge in [0, 0.05) is 38.6 Å². The highest BCUT2D eigenvalue weighted by molar-refractivity contribution is 5.92. The van der Waals surface area contributed by atoms with E-state index >= 15 is 0 Å².